The van der Waals surface area contributed by atoms with E-state index in [2.05, 4.69) is 29.4 Å². The van der Waals surface area contributed by atoms with Gasteiger partial charge in [0, 0.05) is 20.1 Å². The first-order chi connectivity index (χ1) is 7.17. The van der Waals surface area contributed by atoms with Crippen molar-refractivity contribution in [2.24, 2.45) is 5.92 Å². The van der Waals surface area contributed by atoms with E-state index in [9.17, 15) is 0 Å². The summed E-state index contributed by atoms with van der Waals surface area (Å²) in [6, 6.07) is 0.286. The first kappa shape index (κ1) is 12.5. The summed E-state index contributed by atoms with van der Waals surface area (Å²) in [7, 11) is 3.66. The standard InChI is InChI=1S/C10H19N3OS/c1-7(6-14-4)5-9-12-13-10(15-9)8(2)11-3/h7-8,11H,5-6H2,1-4H3. The number of hydrogen-bond donors (Lipinski definition) is 1. The molecule has 0 aliphatic carbocycles. The minimum absolute atomic E-state index is 0.286. The van der Waals surface area contributed by atoms with Crippen LogP contribution in [0.5, 0.6) is 0 Å². The van der Waals surface area contributed by atoms with Gasteiger partial charge in [0.2, 0.25) is 0 Å². The monoisotopic (exact) mass is 229 g/mol. The molecule has 0 bridgehead atoms. The van der Waals surface area contributed by atoms with Crippen molar-refractivity contribution in [1.82, 2.24) is 15.5 Å². The van der Waals surface area contributed by atoms with E-state index in [0.717, 1.165) is 23.0 Å². The Bertz CT molecular complexity index is 290. The third kappa shape index (κ3) is 3.85. The number of nitrogens with one attached hydrogen (secondary N) is 1. The Morgan fingerprint density at radius 3 is 2.73 bits per heavy atom. The van der Waals surface area contributed by atoms with Crippen molar-refractivity contribution in [2.45, 2.75) is 26.3 Å². The van der Waals surface area contributed by atoms with E-state index < -0.39 is 0 Å². The van der Waals surface area contributed by atoms with Crippen molar-refractivity contribution in [3.63, 3.8) is 0 Å². The number of ether oxygens (including phenoxy) is 1. The maximum atomic E-state index is 5.10. The molecule has 0 aliphatic rings. The second kappa shape index (κ2) is 6.15. The Labute approximate surface area is 95.1 Å². The van der Waals surface area contributed by atoms with Crippen LogP contribution >= 0.6 is 11.3 Å². The third-order valence-electron chi connectivity index (χ3n) is 2.26. The molecule has 1 N–H and O–H groups in total. The second-order valence-corrected chi connectivity index (χ2v) is 4.90. The van der Waals surface area contributed by atoms with Crippen LogP contribution in [0.1, 0.15) is 29.9 Å². The summed E-state index contributed by atoms with van der Waals surface area (Å²) in [5.41, 5.74) is 0. The molecule has 15 heavy (non-hydrogen) atoms. The highest BCUT2D eigenvalue weighted by Crippen LogP contribution is 2.19. The van der Waals surface area contributed by atoms with Crippen LogP contribution in [0.25, 0.3) is 0 Å². The predicted octanol–water partition coefficient (Wildman–Crippen LogP) is 1.64. The lowest BCUT2D eigenvalue weighted by Gasteiger charge is -2.06. The molecule has 0 saturated heterocycles. The van der Waals surface area contributed by atoms with Crippen LogP contribution in [0.4, 0.5) is 0 Å². The molecule has 1 rings (SSSR count). The van der Waals surface area contributed by atoms with Gasteiger partial charge in [-0.15, -0.1) is 10.2 Å². The molecule has 0 radical (unpaired) electrons. The summed E-state index contributed by atoms with van der Waals surface area (Å²) in [6.07, 6.45) is 0.946. The maximum absolute atomic E-state index is 5.10. The first-order valence-corrected chi connectivity index (χ1v) is 5.97. The maximum Gasteiger partial charge on any atom is 0.134 e. The molecule has 0 aliphatic heterocycles. The van der Waals surface area contributed by atoms with Gasteiger partial charge < -0.3 is 10.1 Å². The van der Waals surface area contributed by atoms with E-state index in [1.54, 1.807) is 18.4 Å². The Balaban J connectivity index is 2.52. The second-order valence-electron chi connectivity index (χ2n) is 3.81. The van der Waals surface area contributed by atoms with Gasteiger partial charge >= 0.3 is 0 Å². The average Bonchev–Trinajstić information content (AvgIpc) is 2.65. The van der Waals surface area contributed by atoms with Crippen LogP contribution in [0.3, 0.4) is 0 Å². The largest absolute Gasteiger partial charge is 0.384 e. The third-order valence-corrected chi connectivity index (χ3v) is 3.39. The van der Waals surface area contributed by atoms with E-state index in [1.807, 2.05) is 7.05 Å². The van der Waals surface area contributed by atoms with Crippen LogP contribution in [-0.4, -0.2) is 31.0 Å². The molecule has 2 atom stereocenters. The van der Waals surface area contributed by atoms with Crippen LogP contribution in [-0.2, 0) is 11.2 Å². The van der Waals surface area contributed by atoms with Gasteiger partial charge in [-0.25, -0.2) is 0 Å². The Morgan fingerprint density at radius 1 is 1.40 bits per heavy atom. The molecular formula is C10H19N3OS. The van der Waals surface area contributed by atoms with Crippen LogP contribution in [0.2, 0.25) is 0 Å². The lowest BCUT2D eigenvalue weighted by Crippen LogP contribution is -2.11. The van der Waals surface area contributed by atoms with E-state index in [0.29, 0.717) is 5.92 Å². The molecule has 1 heterocycles. The molecule has 2 unspecified atom stereocenters. The fourth-order valence-corrected chi connectivity index (χ4v) is 2.36. The molecule has 0 aromatic carbocycles. The molecule has 1 aromatic heterocycles. The van der Waals surface area contributed by atoms with Crippen molar-refractivity contribution in [1.29, 1.82) is 0 Å². The summed E-state index contributed by atoms with van der Waals surface area (Å²) >= 11 is 1.68. The van der Waals surface area contributed by atoms with Crippen molar-refractivity contribution in [3.05, 3.63) is 10.0 Å². The number of nitrogens with zero attached hydrogens (tertiary/aromatic N) is 2. The van der Waals surface area contributed by atoms with Gasteiger partial charge in [-0.05, 0) is 19.9 Å². The van der Waals surface area contributed by atoms with Gasteiger partial charge in [0.15, 0.2) is 0 Å². The van der Waals surface area contributed by atoms with Gasteiger partial charge in [-0.3, -0.25) is 0 Å². The fourth-order valence-electron chi connectivity index (χ4n) is 1.29. The van der Waals surface area contributed by atoms with Crippen LogP contribution < -0.4 is 5.32 Å². The molecule has 5 heteroatoms. The number of methoxy groups -OCH3 is 1. The minimum Gasteiger partial charge on any atom is -0.384 e. The minimum atomic E-state index is 0.286. The van der Waals surface area contributed by atoms with E-state index in [1.165, 1.54) is 0 Å². The highest BCUT2D eigenvalue weighted by molar-refractivity contribution is 7.11. The Kier molecular flexibility index (Phi) is 5.14. The van der Waals surface area contributed by atoms with Gasteiger partial charge in [-0.1, -0.05) is 18.3 Å². The zero-order chi connectivity index (χ0) is 11.3. The van der Waals surface area contributed by atoms with Crippen molar-refractivity contribution in [2.75, 3.05) is 20.8 Å². The lowest BCUT2D eigenvalue weighted by atomic mass is 10.1. The summed E-state index contributed by atoms with van der Waals surface area (Å²) < 4.78 is 5.10. The highest BCUT2D eigenvalue weighted by Gasteiger charge is 2.12. The van der Waals surface area contributed by atoms with Crippen molar-refractivity contribution in [3.8, 4) is 0 Å². The van der Waals surface area contributed by atoms with Gasteiger partial charge in [0.05, 0.1) is 6.04 Å². The number of rotatable bonds is 6. The number of hydrogen-bond acceptors (Lipinski definition) is 5. The topological polar surface area (TPSA) is 47.0 Å². The van der Waals surface area contributed by atoms with E-state index in [-0.39, 0.29) is 6.04 Å². The smallest absolute Gasteiger partial charge is 0.134 e. The quantitative estimate of drug-likeness (QED) is 0.805. The molecular weight excluding hydrogens is 210 g/mol. The van der Waals surface area contributed by atoms with E-state index in [4.69, 9.17) is 4.74 Å². The fraction of sp³-hybridized carbons (Fsp3) is 0.800. The van der Waals surface area contributed by atoms with Gasteiger partial charge in [0.1, 0.15) is 10.0 Å². The van der Waals surface area contributed by atoms with Crippen LogP contribution in [0.15, 0.2) is 0 Å². The SMILES string of the molecule is CNC(C)c1nnc(CC(C)COC)s1. The van der Waals surface area contributed by atoms with Gasteiger partial charge in [-0.2, -0.15) is 0 Å². The molecule has 1 aromatic rings. The van der Waals surface area contributed by atoms with Gasteiger partial charge in [0.25, 0.3) is 0 Å². The first-order valence-electron chi connectivity index (χ1n) is 5.15. The summed E-state index contributed by atoms with van der Waals surface area (Å²) in [5, 5.41) is 13.6. The lowest BCUT2D eigenvalue weighted by molar-refractivity contribution is 0.159. The highest BCUT2D eigenvalue weighted by atomic mass is 32.1. The average molecular weight is 229 g/mol. The Morgan fingerprint density at radius 2 is 2.13 bits per heavy atom. The van der Waals surface area contributed by atoms with Crippen molar-refractivity contribution >= 4 is 11.3 Å². The van der Waals surface area contributed by atoms with E-state index >= 15 is 0 Å². The normalized spacial score (nSPS) is 15.2. The summed E-state index contributed by atoms with van der Waals surface area (Å²) in [4.78, 5) is 0. The predicted molar refractivity (Wildman–Crippen MR) is 62.1 cm³/mol. The molecule has 0 saturated carbocycles. The number of aromatic nitrogens is 2. The van der Waals surface area contributed by atoms with Crippen molar-refractivity contribution < 1.29 is 4.74 Å². The van der Waals surface area contributed by atoms with Crippen LogP contribution in [0, 0.1) is 5.92 Å². The Hall–Kier alpha value is -0.520. The molecule has 0 fully saturated rings. The summed E-state index contributed by atoms with van der Waals surface area (Å²) in [5.74, 6) is 0.501. The zero-order valence-corrected chi connectivity index (χ0v) is 10.6. The molecule has 86 valence electrons. The molecule has 0 spiro atoms. The summed E-state index contributed by atoms with van der Waals surface area (Å²) in [6.45, 7) is 5.02. The molecule has 0 amide bonds. The zero-order valence-electron chi connectivity index (χ0n) is 9.78. The molecule has 4 nitrogen and oxygen atoms in total.